The summed E-state index contributed by atoms with van der Waals surface area (Å²) in [6.45, 7) is 0. The lowest BCUT2D eigenvalue weighted by molar-refractivity contribution is -0.139. The Bertz CT molecular complexity index is 1160. The molecular weight excluding hydrogens is 500 g/mol. The van der Waals surface area contributed by atoms with Gasteiger partial charge in [0.25, 0.3) is 0 Å². The number of halogens is 2. The third-order valence-electron chi connectivity index (χ3n) is 4.40. The van der Waals surface area contributed by atoms with Gasteiger partial charge in [-0.05, 0) is 73.8 Å². The topological polar surface area (TPSA) is 48.7 Å². The molecule has 4 aromatic rings. The maximum Gasteiger partial charge on any atom is 0.309 e. The molecule has 6 heteroatoms. The van der Waals surface area contributed by atoms with E-state index in [1.165, 1.54) is 7.11 Å². The van der Waals surface area contributed by atoms with Gasteiger partial charge in [-0.25, -0.2) is 0 Å². The zero-order valence-corrected chi connectivity index (χ0v) is 18.6. The van der Waals surface area contributed by atoms with E-state index in [-0.39, 0.29) is 12.4 Å². The van der Waals surface area contributed by atoms with Crippen LogP contribution in [0.25, 0.3) is 22.3 Å². The monoisotopic (exact) mass is 514 g/mol. The van der Waals surface area contributed by atoms with E-state index >= 15 is 0 Å². The van der Waals surface area contributed by atoms with Gasteiger partial charge >= 0.3 is 5.97 Å². The largest absolute Gasteiger partial charge is 0.469 e. The number of furan rings is 1. The van der Waals surface area contributed by atoms with Crippen LogP contribution in [0, 0.1) is 0 Å². The average Bonchev–Trinajstić information content (AvgIpc) is 3.15. The Morgan fingerprint density at radius 1 is 0.966 bits per heavy atom. The summed E-state index contributed by atoms with van der Waals surface area (Å²) in [5.74, 6) is 1.83. The van der Waals surface area contributed by atoms with Crippen molar-refractivity contribution >= 4 is 48.8 Å². The normalized spacial score (nSPS) is 10.9. The summed E-state index contributed by atoms with van der Waals surface area (Å²) in [5.41, 5.74) is 2.64. The Labute approximate surface area is 184 Å². The highest BCUT2D eigenvalue weighted by atomic mass is 79.9. The average molecular weight is 516 g/mol. The highest BCUT2D eigenvalue weighted by Crippen LogP contribution is 2.39. The van der Waals surface area contributed by atoms with E-state index in [1.54, 1.807) is 0 Å². The molecule has 0 fully saturated rings. The molecule has 0 amide bonds. The number of hydrogen-bond acceptors (Lipinski definition) is 4. The van der Waals surface area contributed by atoms with Crippen LogP contribution in [0.15, 0.2) is 80.1 Å². The van der Waals surface area contributed by atoms with Crippen molar-refractivity contribution in [1.82, 2.24) is 0 Å². The number of fused-ring (bicyclic) bond motifs is 1. The van der Waals surface area contributed by atoms with Gasteiger partial charge in [-0.1, -0.05) is 30.3 Å². The van der Waals surface area contributed by atoms with E-state index < -0.39 is 0 Å². The van der Waals surface area contributed by atoms with Crippen molar-refractivity contribution in [2.45, 2.75) is 6.42 Å². The first kappa shape index (κ1) is 19.7. The van der Waals surface area contributed by atoms with E-state index in [0.29, 0.717) is 11.5 Å². The molecule has 146 valence electrons. The Morgan fingerprint density at radius 2 is 1.69 bits per heavy atom. The summed E-state index contributed by atoms with van der Waals surface area (Å²) in [4.78, 5) is 11.5. The zero-order valence-electron chi connectivity index (χ0n) is 15.4. The van der Waals surface area contributed by atoms with Crippen molar-refractivity contribution < 1.29 is 18.7 Å². The number of benzene rings is 3. The minimum atomic E-state index is -0.294. The minimum absolute atomic E-state index is 0.192. The maximum absolute atomic E-state index is 11.5. The molecular formula is C23H16Br2O4. The van der Waals surface area contributed by atoms with Gasteiger partial charge in [0.15, 0.2) is 5.75 Å². The number of hydrogen-bond donors (Lipinski definition) is 0. The lowest BCUT2D eigenvalue weighted by Gasteiger charge is -2.12. The van der Waals surface area contributed by atoms with Crippen molar-refractivity contribution in [3.63, 3.8) is 0 Å². The van der Waals surface area contributed by atoms with Crippen molar-refractivity contribution in [2.75, 3.05) is 7.11 Å². The van der Waals surface area contributed by atoms with Crippen LogP contribution in [0.2, 0.25) is 0 Å². The van der Waals surface area contributed by atoms with Gasteiger partial charge in [-0.2, -0.15) is 0 Å². The third kappa shape index (κ3) is 4.38. The lowest BCUT2D eigenvalue weighted by Crippen LogP contribution is -2.04. The number of rotatable bonds is 5. The SMILES string of the molecule is COC(=O)Cc1cc(Br)c(Oc2ccc3oc(-c4ccccc4)cc3c2)c(Br)c1. The molecule has 3 aromatic carbocycles. The molecule has 0 atom stereocenters. The van der Waals surface area contributed by atoms with Gasteiger partial charge in [0.1, 0.15) is 17.1 Å². The summed E-state index contributed by atoms with van der Waals surface area (Å²) < 4.78 is 18.3. The Kier molecular flexibility index (Phi) is 5.74. The second-order valence-electron chi connectivity index (χ2n) is 6.42. The molecule has 0 N–H and O–H groups in total. The van der Waals surface area contributed by atoms with Gasteiger partial charge in [0.05, 0.1) is 22.5 Å². The molecule has 29 heavy (non-hydrogen) atoms. The number of carbonyl (C=O) groups excluding carboxylic acids is 1. The molecule has 0 bridgehead atoms. The first-order valence-electron chi connectivity index (χ1n) is 8.85. The summed E-state index contributed by atoms with van der Waals surface area (Å²) in [6.07, 6.45) is 0.192. The Morgan fingerprint density at radius 3 is 2.38 bits per heavy atom. The van der Waals surface area contributed by atoms with Crippen molar-refractivity contribution in [1.29, 1.82) is 0 Å². The second kappa shape index (κ2) is 8.43. The highest BCUT2D eigenvalue weighted by Gasteiger charge is 2.14. The number of carbonyl (C=O) groups is 1. The highest BCUT2D eigenvalue weighted by molar-refractivity contribution is 9.11. The standard InChI is InChI=1S/C23H16Br2O4/c1-27-22(26)11-14-9-18(24)23(19(25)10-14)28-17-7-8-20-16(12-17)13-21(29-20)15-5-3-2-4-6-15/h2-10,12-13H,11H2,1H3. The van der Waals surface area contributed by atoms with Crippen LogP contribution in [-0.4, -0.2) is 13.1 Å². The zero-order chi connectivity index (χ0) is 20.4. The van der Waals surface area contributed by atoms with Gasteiger partial charge in [0.2, 0.25) is 0 Å². The molecule has 4 nitrogen and oxygen atoms in total. The van der Waals surface area contributed by atoms with E-state index in [1.807, 2.05) is 66.7 Å². The molecule has 1 heterocycles. The van der Waals surface area contributed by atoms with Gasteiger partial charge < -0.3 is 13.9 Å². The fourth-order valence-electron chi connectivity index (χ4n) is 3.00. The van der Waals surface area contributed by atoms with E-state index in [0.717, 1.165) is 36.8 Å². The number of esters is 1. The first-order valence-corrected chi connectivity index (χ1v) is 10.4. The molecule has 4 rings (SSSR count). The summed E-state index contributed by atoms with van der Waals surface area (Å²) >= 11 is 7.05. The number of ether oxygens (including phenoxy) is 2. The molecule has 0 aliphatic carbocycles. The van der Waals surface area contributed by atoms with Gasteiger partial charge in [-0.3, -0.25) is 4.79 Å². The molecule has 0 aliphatic rings. The quantitative estimate of drug-likeness (QED) is 0.265. The fourth-order valence-corrected chi connectivity index (χ4v) is 4.44. The second-order valence-corrected chi connectivity index (χ2v) is 8.13. The van der Waals surface area contributed by atoms with E-state index in [9.17, 15) is 4.79 Å². The van der Waals surface area contributed by atoms with Crippen LogP contribution < -0.4 is 4.74 Å². The van der Waals surface area contributed by atoms with Crippen LogP contribution in [0.4, 0.5) is 0 Å². The van der Waals surface area contributed by atoms with E-state index in [4.69, 9.17) is 13.9 Å². The number of methoxy groups -OCH3 is 1. The van der Waals surface area contributed by atoms with Crippen LogP contribution in [0.5, 0.6) is 11.5 Å². The fraction of sp³-hybridized carbons (Fsp3) is 0.0870. The summed E-state index contributed by atoms with van der Waals surface area (Å²) in [6, 6.07) is 21.4. The predicted molar refractivity (Wildman–Crippen MR) is 119 cm³/mol. The van der Waals surface area contributed by atoms with Crippen LogP contribution in [0.3, 0.4) is 0 Å². The van der Waals surface area contributed by atoms with Gasteiger partial charge in [0, 0.05) is 10.9 Å². The van der Waals surface area contributed by atoms with Crippen LogP contribution in [-0.2, 0) is 16.0 Å². The third-order valence-corrected chi connectivity index (χ3v) is 5.58. The summed E-state index contributed by atoms with van der Waals surface area (Å²) in [7, 11) is 1.37. The minimum Gasteiger partial charge on any atom is -0.469 e. The molecule has 0 radical (unpaired) electrons. The first-order chi connectivity index (χ1) is 14.0. The van der Waals surface area contributed by atoms with Crippen molar-refractivity contribution in [2.24, 2.45) is 0 Å². The molecule has 1 aromatic heterocycles. The maximum atomic E-state index is 11.5. The lowest BCUT2D eigenvalue weighted by atomic mass is 10.1. The Hall–Kier alpha value is -2.57. The Balaban J connectivity index is 1.61. The summed E-state index contributed by atoms with van der Waals surface area (Å²) in [5, 5.41) is 0.955. The van der Waals surface area contributed by atoms with Crippen molar-refractivity contribution in [3.05, 3.63) is 81.2 Å². The van der Waals surface area contributed by atoms with E-state index in [2.05, 4.69) is 31.9 Å². The molecule has 0 saturated carbocycles. The predicted octanol–water partition coefficient (Wildman–Crippen LogP) is 7.13. The molecule has 0 saturated heterocycles. The van der Waals surface area contributed by atoms with Crippen LogP contribution >= 0.6 is 31.9 Å². The smallest absolute Gasteiger partial charge is 0.309 e. The molecule has 0 aliphatic heterocycles. The molecule has 0 spiro atoms. The van der Waals surface area contributed by atoms with Gasteiger partial charge in [-0.15, -0.1) is 0 Å². The molecule has 0 unspecified atom stereocenters. The van der Waals surface area contributed by atoms with Crippen LogP contribution in [0.1, 0.15) is 5.56 Å². The van der Waals surface area contributed by atoms with Crippen molar-refractivity contribution in [3.8, 4) is 22.8 Å².